The first-order chi connectivity index (χ1) is 11.5. The van der Waals surface area contributed by atoms with Crippen LogP contribution in [0.3, 0.4) is 0 Å². The Hall–Kier alpha value is -2.36. The van der Waals surface area contributed by atoms with Gasteiger partial charge in [-0.05, 0) is 54.7 Å². The maximum atomic E-state index is 13.9. The van der Waals surface area contributed by atoms with Crippen molar-refractivity contribution in [1.29, 1.82) is 0 Å². The van der Waals surface area contributed by atoms with Gasteiger partial charge in [0.15, 0.2) is 0 Å². The van der Waals surface area contributed by atoms with Crippen molar-refractivity contribution in [2.24, 2.45) is 9.98 Å². The molecule has 0 fully saturated rings. The highest BCUT2D eigenvalue weighted by Crippen LogP contribution is 2.48. The van der Waals surface area contributed by atoms with Crippen LogP contribution in [0.1, 0.15) is 37.3 Å². The Morgan fingerprint density at radius 1 is 1.38 bits per heavy atom. The molecular formula is C20H21FN2O. The van der Waals surface area contributed by atoms with Crippen LogP contribution in [0.5, 0.6) is 0 Å². The second-order valence-corrected chi connectivity index (χ2v) is 6.58. The van der Waals surface area contributed by atoms with Gasteiger partial charge in [0.2, 0.25) is 0 Å². The molecule has 0 spiro atoms. The summed E-state index contributed by atoms with van der Waals surface area (Å²) in [7, 11) is 1.73. The lowest BCUT2D eigenvalue weighted by molar-refractivity contribution is -0.112. The molecule has 1 aromatic rings. The number of benzene rings is 1. The lowest BCUT2D eigenvalue weighted by Crippen LogP contribution is -2.27. The van der Waals surface area contributed by atoms with Gasteiger partial charge in [0.25, 0.3) is 0 Å². The van der Waals surface area contributed by atoms with Gasteiger partial charge in [-0.3, -0.25) is 9.98 Å². The Labute approximate surface area is 141 Å². The number of rotatable bonds is 4. The number of allylic oxidation sites excluding steroid dienone is 4. The number of aliphatic imine (C=N–C) groups is 2. The number of aldehydes is 1. The van der Waals surface area contributed by atoms with Crippen molar-refractivity contribution in [3.05, 3.63) is 58.1 Å². The molecule has 0 bridgehead atoms. The molecule has 3 nitrogen and oxygen atoms in total. The highest BCUT2D eigenvalue weighted by molar-refractivity contribution is 6.06. The van der Waals surface area contributed by atoms with Crippen molar-refractivity contribution >= 4 is 18.2 Å². The molecule has 1 aliphatic carbocycles. The fraction of sp³-hybridized carbons (Fsp3) is 0.350. The van der Waals surface area contributed by atoms with Gasteiger partial charge in [0.1, 0.15) is 12.1 Å². The Morgan fingerprint density at radius 3 is 2.83 bits per heavy atom. The molecule has 3 rings (SSSR count). The minimum Gasteiger partial charge on any atom is -0.302 e. The monoisotopic (exact) mass is 324 g/mol. The third-order valence-electron chi connectivity index (χ3n) is 5.03. The quantitative estimate of drug-likeness (QED) is 0.607. The van der Waals surface area contributed by atoms with E-state index in [2.05, 4.69) is 4.99 Å². The third kappa shape index (κ3) is 2.66. The van der Waals surface area contributed by atoms with E-state index in [1.165, 1.54) is 11.6 Å². The van der Waals surface area contributed by atoms with Gasteiger partial charge in [0.05, 0.1) is 5.41 Å². The molecule has 4 heteroatoms. The highest BCUT2D eigenvalue weighted by atomic mass is 19.1. The maximum absolute atomic E-state index is 13.9. The van der Waals surface area contributed by atoms with E-state index >= 15 is 0 Å². The van der Waals surface area contributed by atoms with E-state index in [4.69, 9.17) is 4.99 Å². The van der Waals surface area contributed by atoms with Crippen LogP contribution in [-0.2, 0) is 10.2 Å². The van der Waals surface area contributed by atoms with Crippen LogP contribution in [0.15, 0.2) is 51.1 Å². The minimum atomic E-state index is -0.672. The first-order valence-corrected chi connectivity index (χ1v) is 8.10. The Balaban J connectivity index is 1.90. The second kappa shape index (κ2) is 6.27. The van der Waals surface area contributed by atoms with Crippen LogP contribution in [0.4, 0.5) is 4.39 Å². The molecular weight excluding hydrogens is 303 g/mol. The number of halogens is 1. The maximum Gasteiger partial charge on any atom is 0.131 e. The van der Waals surface area contributed by atoms with E-state index < -0.39 is 5.41 Å². The largest absolute Gasteiger partial charge is 0.302 e. The van der Waals surface area contributed by atoms with E-state index in [9.17, 15) is 9.18 Å². The second-order valence-electron chi connectivity index (χ2n) is 6.58. The molecule has 1 aromatic carbocycles. The molecule has 1 atom stereocenters. The number of carbonyl (C=O) groups is 1. The van der Waals surface area contributed by atoms with Gasteiger partial charge in [-0.25, -0.2) is 4.39 Å². The summed E-state index contributed by atoms with van der Waals surface area (Å²) in [5.41, 5.74) is 4.99. The number of nitrogens with zero attached hydrogens (tertiary/aromatic N) is 2. The molecule has 0 radical (unpaired) electrons. The molecule has 24 heavy (non-hydrogen) atoms. The van der Waals surface area contributed by atoms with Crippen LogP contribution in [0, 0.1) is 12.7 Å². The van der Waals surface area contributed by atoms with Crippen LogP contribution in [-0.4, -0.2) is 25.3 Å². The highest BCUT2D eigenvalue weighted by Gasteiger charge is 2.43. The first kappa shape index (κ1) is 16.5. The molecule has 124 valence electrons. The van der Waals surface area contributed by atoms with Gasteiger partial charge in [-0.2, -0.15) is 0 Å². The van der Waals surface area contributed by atoms with Gasteiger partial charge >= 0.3 is 0 Å². The molecule has 2 aliphatic rings. The van der Waals surface area contributed by atoms with Crippen LogP contribution in [0.2, 0.25) is 0 Å². The summed E-state index contributed by atoms with van der Waals surface area (Å²) in [4.78, 5) is 20.7. The minimum absolute atomic E-state index is 0.261. The van der Waals surface area contributed by atoms with Crippen molar-refractivity contribution in [2.75, 3.05) is 7.05 Å². The average molecular weight is 324 g/mol. The summed E-state index contributed by atoms with van der Waals surface area (Å²) in [6, 6.07) is 4.98. The Bertz CT molecular complexity index is 817. The summed E-state index contributed by atoms with van der Waals surface area (Å²) >= 11 is 0. The van der Waals surface area contributed by atoms with Crippen molar-refractivity contribution < 1.29 is 9.18 Å². The first-order valence-electron chi connectivity index (χ1n) is 8.10. The topological polar surface area (TPSA) is 41.8 Å². The Morgan fingerprint density at radius 2 is 2.17 bits per heavy atom. The van der Waals surface area contributed by atoms with Gasteiger partial charge in [-0.15, -0.1) is 0 Å². The summed E-state index contributed by atoms with van der Waals surface area (Å²) in [6.45, 7) is 3.76. The predicted octanol–water partition coefficient (Wildman–Crippen LogP) is 4.11. The molecule has 0 aromatic heterocycles. The zero-order valence-corrected chi connectivity index (χ0v) is 14.3. The fourth-order valence-electron chi connectivity index (χ4n) is 3.65. The lowest BCUT2D eigenvalue weighted by Gasteiger charge is -2.26. The molecule has 0 saturated carbocycles. The normalized spacial score (nSPS) is 23.8. The molecule has 1 aliphatic heterocycles. The number of hydrogen-bond donors (Lipinski definition) is 0. The number of carbonyl (C=O) groups excluding carboxylic acids is 1. The molecule has 0 amide bonds. The lowest BCUT2D eigenvalue weighted by atomic mass is 9.76. The van der Waals surface area contributed by atoms with Crippen LogP contribution in [0.25, 0.3) is 0 Å². The Kier molecular flexibility index (Phi) is 4.31. The van der Waals surface area contributed by atoms with Crippen LogP contribution < -0.4 is 0 Å². The SMILES string of the molecule is CN=C/C=C(\C)C1=NC2=C(C1)C[C@](C=O)(c1cccc(F)c1C)C2. The standard InChI is InChI=1S/C20H21FN2O/c1-13(7-8-22-3)18-9-15-10-20(12-24,11-19(15)23-18)16-5-4-6-17(21)14(16)2/h4-8,12H,9-11H2,1-3H3/b13-7+,22-8?/t20-/m0/s1. The fourth-order valence-corrected chi connectivity index (χ4v) is 3.65. The van der Waals surface area contributed by atoms with Gasteiger partial charge in [-0.1, -0.05) is 12.1 Å². The molecule has 0 saturated heterocycles. The summed E-state index contributed by atoms with van der Waals surface area (Å²) in [5, 5.41) is 0. The van der Waals surface area contributed by atoms with Gasteiger partial charge < -0.3 is 4.79 Å². The van der Waals surface area contributed by atoms with E-state index in [0.29, 0.717) is 18.4 Å². The summed E-state index contributed by atoms with van der Waals surface area (Å²) in [6.07, 6.45) is 6.62. The van der Waals surface area contributed by atoms with E-state index in [1.807, 2.05) is 19.1 Å². The van der Waals surface area contributed by atoms with Crippen molar-refractivity contribution in [3.8, 4) is 0 Å². The smallest absolute Gasteiger partial charge is 0.131 e. The third-order valence-corrected chi connectivity index (χ3v) is 5.03. The van der Waals surface area contributed by atoms with E-state index in [-0.39, 0.29) is 5.82 Å². The van der Waals surface area contributed by atoms with Crippen molar-refractivity contribution in [2.45, 2.75) is 38.5 Å². The van der Waals surface area contributed by atoms with E-state index in [1.54, 1.807) is 26.3 Å². The zero-order valence-electron chi connectivity index (χ0n) is 14.3. The summed E-state index contributed by atoms with van der Waals surface area (Å²) < 4.78 is 13.9. The van der Waals surface area contributed by atoms with E-state index in [0.717, 1.165) is 35.3 Å². The van der Waals surface area contributed by atoms with Crippen molar-refractivity contribution in [1.82, 2.24) is 0 Å². The average Bonchev–Trinajstić information content (AvgIpc) is 3.11. The summed E-state index contributed by atoms with van der Waals surface area (Å²) in [5.74, 6) is -0.261. The predicted molar refractivity (Wildman–Crippen MR) is 95.4 cm³/mol. The number of hydrogen-bond acceptors (Lipinski definition) is 3. The molecule has 1 heterocycles. The van der Waals surface area contributed by atoms with Gasteiger partial charge in [0, 0.05) is 37.5 Å². The molecule has 0 unspecified atom stereocenters. The van der Waals surface area contributed by atoms with Crippen LogP contribution >= 0.6 is 0 Å². The zero-order chi connectivity index (χ0) is 17.3. The molecule has 0 N–H and O–H groups in total. The van der Waals surface area contributed by atoms with Crippen molar-refractivity contribution in [3.63, 3.8) is 0 Å².